The predicted octanol–water partition coefficient (Wildman–Crippen LogP) is 4.87. The lowest BCUT2D eigenvalue weighted by atomic mass is 9.75. The van der Waals surface area contributed by atoms with Crippen LogP contribution in [0.2, 0.25) is 0 Å². The van der Waals surface area contributed by atoms with Crippen LogP contribution in [0, 0.1) is 18.3 Å². The number of nitrogens with zero attached hydrogens (tertiary/aromatic N) is 3. The molecule has 1 atom stereocenters. The average Bonchev–Trinajstić information content (AvgIpc) is 2.88. The van der Waals surface area contributed by atoms with Gasteiger partial charge in [0.2, 0.25) is 0 Å². The highest BCUT2D eigenvalue weighted by atomic mass is 32.1. The molecule has 8 heteroatoms. The number of rotatable bonds is 2. The fraction of sp³-hybridized carbons (Fsp3) is 0.333. The van der Waals surface area contributed by atoms with Crippen LogP contribution in [0.5, 0.6) is 0 Å². The summed E-state index contributed by atoms with van der Waals surface area (Å²) in [6.07, 6.45) is -2.59. The first-order valence-electron chi connectivity index (χ1n) is 9.19. The maximum atomic E-state index is 13.4. The van der Waals surface area contributed by atoms with Gasteiger partial charge in [-0.3, -0.25) is 9.69 Å². The molecule has 0 N–H and O–H groups in total. The number of carbonyl (C=O) groups is 1. The van der Waals surface area contributed by atoms with Crippen molar-refractivity contribution in [2.75, 3.05) is 9.80 Å². The van der Waals surface area contributed by atoms with Gasteiger partial charge in [-0.1, -0.05) is 18.2 Å². The van der Waals surface area contributed by atoms with Gasteiger partial charge in [-0.05, 0) is 56.0 Å². The molecule has 1 unspecified atom stereocenters. The average molecular weight is 417 g/mol. The highest BCUT2D eigenvalue weighted by molar-refractivity contribution is 7.81. The van der Waals surface area contributed by atoms with Gasteiger partial charge >= 0.3 is 6.18 Å². The highest BCUT2D eigenvalue weighted by Crippen LogP contribution is 2.51. The van der Waals surface area contributed by atoms with E-state index >= 15 is 0 Å². The van der Waals surface area contributed by atoms with Crippen LogP contribution in [-0.2, 0) is 11.0 Å². The Kier molecular flexibility index (Phi) is 4.54. The smallest absolute Gasteiger partial charge is 0.327 e. The molecule has 150 valence electrons. The molecule has 0 radical (unpaired) electrons. The number of para-hydroxylation sites is 1. The highest BCUT2D eigenvalue weighted by Gasteiger charge is 2.60. The molecule has 4 rings (SSSR count). The van der Waals surface area contributed by atoms with Crippen molar-refractivity contribution in [1.82, 2.24) is 0 Å². The second-order valence-electron chi connectivity index (χ2n) is 7.40. The van der Waals surface area contributed by atoms with Gasteiger partial charge in [0.1, 0.15) is 5.54 Å². The zero-order chi connectivity index (χ0) is 21.0. The molecule has 4 nitrogen and oxygen atoms in total. The van der Waals surface area contributed by atoms with Gasteiger partial charge in [0.15, 0.2) is 5.50 Å². The minimum absolute atomic E-state index is 0.0867. The Balaban J connectivity index is 1.83. The number of carbonyl (C=O) groups excluding carboxylic acids is 1. The summed E-state index contributed by atoms with van der Waals surface area (Å²) in [5.41, 5.74) is -1.19. The standard InChI is InChI=1S/C21H18F3N3OS/c1-13-5-2-3-6-17(13)27-19(29)26(18(28)20(27)9-4-10-20)15-8-7-14(12-25)16(11-15)21(22,23)24/h2-3,5-8,11,19,29H,4,9-10H2,1H3. The fourth-order valence-electron chi connectivity index (χ4n) is 4.19. The number of aryl methyl sites for hydroxylation is 1. The van der Waals surface area contributed by atoms with E-state index in [1.54, 1.807) is 6.07 Å². The van der Waals surface area contributed by atoms with Crippen LogP contribution in [0.3, 0.4) is 0 Å². The summed E-state index contributed by atoms with van der Waals surface area (Å²) in [4.78, 5) is 16.7. The quantitative estimate of drug-likeness (QED) is 0.709. The first-order valence-corrected chi connectivity index (χ1v) is 9.70. The number of amides is 1. The Morgan fingerprint density at radius 2 is 1.90 bits per heavy atom. The molecule has 2 fully saturated rings. The SMILES string of the molecule is Cc1ccccc1N1C(S)N(c2ccc(C#N)c(C(F)(F)F)c2)C(=O)C12CCC2. The summed E-state index contributed by atoms with van der Waals surface area (Å²) in [6, 6.07) is 12.5. The number of alkyl halides is 3. The van der Waals surface area contributed by atoms with Crippen LogP contribution in [0.15, 0.2) is 42.5 Å². The van der Waals surface area contributed by atoms with E-state index in [2.05, 4.69) is 12.6 Å². The van der Waals surface area contributed by atoms with E-state index < -0.39 is 28.3 Å². The molecule has 1 amide bonds. The first kappa shape index (κ1) is 19.6. The van der Waals surface area contributed by atoms with Gasteiger partial charge in [0.05, 0.1) is 17.2 Å². The first-order chi connectivity index (χ1) is 13.7. The Labute approximate surface area is 171 Å². The minimum Gasteiger partial charge on any atom is -0.327 e. The van der Waals surface area contributed by atoms with Gasteiger partial charge in [-0.2, -0.15) is 18.4 Å². The zero-order valence-electron chi connectivity index (χ0n) is 15.6. The van der Waals surface area contributed by atoms with E-state index in [1.807, 2.05) is 36.1 Å². The Bertz CT molecular complexity index is 1030. The number of anilines is 2. The topological polar surface area (TPSA) is 47.3 Å². The maximum Gasteiger partial charge on any atom is 0.417 e. The third kappa shape index (κ3) is 2.87. The third-order valence-corrected chi connectivity index (χ3v) is 6.26. The monoisotopic (exact) mass is 417 g/mol. The van der Waals surface area contributed by atoms with Crippen molar-refractivity contribution in [2.24, 2.45) is 0 Å². The van der Waals surface area contributed by atoms with E-state index in [1.165, 1.54) is 11.0 Å². The molecule has 29 heavy (non-hydrogen) atoms. The molecule has 1 aliphatic carbocycles. The molecule has 0 bridgehead atoms. The van der Waals surface area contributed by atoms with E-state index in [0.717, 1.165) is 29.8 Å². The summed E-state index contributed by atoms with van der Waals surface area (Å²) < 4.78 is 40.3. The molecular weight excluding hydrogens is 399 g/mol. The van der Waals surface area contributed by atoms with Crippen molar-refractivity contribution in [3.8, 4) is 6.07 Å². The number of hydrogen-bond acceptors (Lipinski definition) is 4. The van der Waals surface area contributed by atoms with Gasteiger partial charge in [0, 0.05) is 11.4 Å². The number of benzene rings is 2. The van der Waals surface area contributed by atoms with E-state index in [9.17, 15) is 18.0 Å². The van der Waals surface area contributed by atoms with Crippen molar-refractivity contribution in [3.63, 3.8) is 0 Å². The summed E-state index contributed by atoms with van der Waals surface area (Å²) in [5, 5.41) is 9.04. The Morgan fingerprint density at radius 3 is 2.45 bits per heavy atom. The van der Waals surface area contributed by atoms with Crippen molar-refractivity contribution in [3.05, 3.63) is 59.2 Å². The van der Waals surface area contributed by atoms with E-state index in [4.69, 9.17) is 5.26 Å². The zero-order valence-corrected chi connectivity index (χ0v) is 16.5. The number of halogens is 3. The van der Waals surface area contributed by atoms with E-state index in [-0.39, 0.29) is 11.6 Å². The third-order valence-electron chi connectivity index (χ3n) is 5.80. The predicted molar refractivity (Wildman–Crippen MR) is 107 cm³/mol. The molecule has 1 saturated carbocycles. The Hall–Kier alpha value is -2.66. The van der Waals surface area contributed by atoms with Crippen LogP contribution in [0.4, 0.5) is 24.5 Å². The van der Waals surface area contributed by atoms with Crippen LogP contribution in [-0.4, -0.2) is 16.9 Å². The number of nitriles is 1. The van der Waals surface area contributed by atoms with Gasteiger partial charge in [0.25, 0.3) is 5.91 Å². The molecule has 2 aromatic rings. The van der Waals surface area contributed by atoms with E-state index in [0.29, 0.717) is 12.8 Å². The summed E-state index contributed by atoms with van der Waals surface area (Å²) in [7, 11) is 0. The summed E-state index contributed by atoms with van der Waals surface area (Å²) in [6.45, 7) is 1.93. The maximum absolute atomic E-state index is 13.4. The van der Waals surface area contributed by atoms with Crippen LogP contribution < -0.4 is 9.80 Å². The molecule has 1 spiro atoms. The second-order valence-corrected chi connectivity index (χ2v) is 7.86. The van der Waals surface area contributed by atoms with Crippen molar-refractivity contribution >= 4 is 29.9 Å². The lowest BCUT2D eigenvalue weighted by Gasteiger charge is -2.45. The lowest BCUT2D eigenvalue weighted by molar-refractivity contribution is -0.137. The molecule has 1 heterocycles. The minimum atomic E-state index is -4.69. The molecule has 2 aromatic carbocycles. The molecule has 0 aromatic heterocycles. The van der Waals surface area contributed by atoms with Crippen LogP contribution >= 0.6 is 12.6 Å². The van der Waals surface area contributed by atoms with Gasteiger partial charge in [-0.25, -0.2) is 0 Å². The summed E-state index contributed by atoms with van der Waals surface area (Å²) >= 11 is 4.65. The van der Waals surface area contributed by atoms with Gasteiger partial charge in [-0.15, -0.1) is 12.6 Å². The molecule has 2 aliphatic rings. The largest absolute Gasteiger partial charge is 0.417 e. The van der Waals surface area contributed by atoms with Crippen LogP contribution in [0.1, 0.15) is 36.0 Å². The van der Waals surface area contributed by atoms with Crippen LogP contribution in [0.25, 0.3) is 0 Å². The Morgan fingerprint density at radius 1 is 1.21 bits per heavy atom. The fourth-order valence-corrected chi connectivity index (χ4v) is 4.77. The molecule has 1 aliphatic heterocycles. The molecule has 1 saturated heterocycles. The number of hydrogen-bond donors (Lipinski definition) is 1. The van der Waals surface area contributed by atoms with Crippen molar-refractivity contribution in [1.29, 1.82) is 5.26 Å². The van der Waals surface area contributed by atoms with Gasteiger partial charge < -0.3 is 4.90 Å². The normalized spacial score (nSPS) is 20.7. The van der Waals surface area contributed by atoms with Crippen molar-refractivity contribution < 1.29 is 18.0 Å². The summed E-state index contributed by atoms with van der Waals surface area (Å²) in [5.74, 6) is -0.259. The lowest BCUT2D eigenvalue weighted by Crippen LogP contribution is -2.55. The molecular formula is C21H18F3N3OS. The van der Waals surface area contributed by atoms with Crippen molar-refractivity contribution in [2.45, 2.75) is 43.4 Å². The second kappa shape index (κ2) is 6.70. The number of thiol groups is 1.